The van der Waals surface area contributed by atoms with Crippen LogP contribution in [0.3, 0.4) is 0 Å². The summed E-state index contributed by atoms with van der Waals surface area (Å²) in [5.74, 6) is 0.465. The smallest absolute Gasteiger partial charge is 0.205 e. The average molecular weight is 468 g/mol. The zero-order chi connectivity index (χ0) is 23.5. The molecule has 0 aromatic heterocycles. The lowest BCUT2D eigenvalue weighted by molar-refractivity contribution is 0.0784. The highest BCUT2D eigenvalue weighted by Gasteiger charge is 2.43. The maximum absolute atomic E-state index is 13.6. The topological polar surface area (TPSA) is 46.6 Å². The summed E-state index contributed by atoms with van der Waals surface area (Å²) in [4.78, 5) is 28.9. The van der Waals surface area contributed by atoms with Gasteiger partial charge in [0.2, 0.25) is 5.78 Å². The molecule has 2 unspecified atom stereocenters. The molecule has 5 heteroatoms. The number of carbonyl (C=O) groups is 2. The van der Waals surface area contributed by atoms with Gasteiger partial charge in [-0.1, -0.05) is 90.5 Å². The molecular weight excluding hydrogens is 446 g/mol. The van der Waals surface area contributed by atoms with Crippen molar-refractivity contribution in [2.24, 2.45) is 0 Å². The largest absolute Gasteiger partial charge is 0.479 e. The van der Waals surface area contributed by atoms with E-state index >= 15 is 0 Å². The van der Waals surface area contributed by atoms with Gasteiger partial charge >= 0.3 is 0 Å². The van der Waals surface area contributed by atoms with E-state index in [9.17, 15) is 9.59 Å². The zero-order valence-corrected chi connectivity index (χ0v) is 19.1. The first-order valence-corrected chi connectivity index (χ1v) is 11.4. The van der Waals surface area contributed by atoms with Crippen molar-refractivity contribution in [3.8, 4) is 5.75 Å². The fourth-order valence-corrected chi connectivity index (χ4v) is 4.47. The molecule has 0 spiro atoms. The lowest BCUT2D eigenvalue weighted by Crippen LogP contribution is -2.42. The van der Waals surface area contributed by atoms with Crippen molar-refractivity contribution in [2.45, 2.75) is 12.1 Å². The third-order valence-electron chi connectivity index (χ3n) is 6.00. The van der Waals surface area contributed by atoms with Crippen LogP contribution in [0.15, 0.2) is 109 Å². The van der Waals surface area contributed by atoms with Gasteiger partial charge in [0, 0.05) is 27.4 Å². The van der Waals surface area contributed by atoms with E-state index in [1.807, 2.05) is 77.7 Å². The minimum Gasteiger partial charge on any atom is -0.479 e. The molecule has 0 N–H and O–H groups in total. The number of benzene rings is 4. The molecule has 34 heavy (non-hydrogen) atoms. The van der Waals surface area contributed by atoms with Crippen molar-refractivity contribution >= 4 is 28.9 Å². The molecule has 0 bridgehead atoms. The Bertz CT molecular complexity index is 1310. The first kappa shape index (κ1) is 21.9. The van der Waals surface area contributed by atoms with Crippen molar-refractivity contribution in [3.63, 3.8) is 0 Å². The lowest BCUT2D eigenvalue weighted by Gasteiger charge is -2.33. The molecule has 4 nitrogen and oxygen atoms in total. The molecule has 1 aliphatic heterocycles. The number of hydrogen-bond donors (Lipinski definition) is 0. The molecule has 0 radical (unpaired) electrons. The third kappa shape index (κ3) is 4.33. The third-order valence-corrected chi connectivity index (χ3v) is 6.25. The Morgan fingerprint density at radius 2 is 1.32 bits per heavy atom. The Kier molecular flexibility index (Phi) is 6.15. The number of anilines is 1. The number of fused-ring (bicyclic) bond motifs is 1. The van der Waals surface area contributed by atoms with E-state index in [1.165, 1.54) is 0 Å². The van der Waals surface area contributed by atoms with Crippen molar-refractivity contribution in [1.29, 1.82) is 0 Å². The molecule has 5 rings (SSSR count). The van der Waals surface area contributed by atoms with E-state index in [-0.39, 0.29) is 18.1 Å². The summed E-state index contributed by atoms with van der Waals surface area (Å²) in [7, 11) is 0. The van der Waals surface area contributed by atoms with Crippen LogP contribution in [0.5, 0.6) is 5.75 Å². The number of halogens is 1. The molecule has 0 fully saturated rings. The summed E-state index contributed by atoms with van der Waals surface area (Å²) in [6, 6.07) is 32.7. The first-order valence-electron chi connectivity index (χ1n) is 11.1. The van der Waals surface area contributed by atoms with Gasteiger partial charge in [-0.15, -0.1) is 0 Å². The molecule has 1 aliphatic rings. The summed E-state index contributed by atoms with van der Waals surface area (Å²) in [6.07, 6.45) is -0.806. The van der Waals surface area contributed by atoms with Crippen LogP contribution in [0.4, 0.5) is 5.69 Å². The molecule has 0 saturated carbocycles. The summed E-state index contributed by atoms with van der Waals surface area (Å²) in [5, 5.41) is 0.595. The Morgan fingerprint density at radius 1 is 0.735 bits per heavy atom. The van der Waals surface area contributed by atoms with E-state index in [0.29, 0.717) is 21.9 Å². The number of para-hydroxylation sites is 1. The lowest BCUT2D eigenvalue weighted by atomic mass is 9.94. The van der Waals surface area contributed by atoms with Gasteiger partial charge < -0.3 is 9.64 Å². The van der Waals surface area contributed by atoms with Crippen LogP contribution >= 0.6 is 11.6 Å². The molecule has 0 saturated heterocycles. The Hall–Kier alpha value is -3.89. The molecule has 2 atom stereocenters. The maximum atomic E-state index is 13.6. The number of ketones is 2. The monoisotopic (exact) mass is 467 g/mol. The first-order chi connectivity index (χ1) is 16.6. The van der Waals surface area contributed by atoms with Gasteiger partial charge in [0.1, 0.15) is 11.8 Å². The van der Waals surface area contributed by atoms with Gasteiger partial charge in [0.25, 0.3) is 0 Å². The van der Waals surface area contributed by atoms with E-state index < -0.39 is 12.1 Å². The van der Waals surface area contributed by atoms with Crippen LogP contribution in [0.1, 0.15) is 32.3 Å². The highest BCUT2D eigenvalue weighted by Crippen LogP contribution is 2.43. The van der Waals surface area contributed by atoms with Crippen molar-refractivity contribution < 1.29 is 14.3 Å². The van der Waals surface area contributed by atoms with Gasteiger partial charge in [-0.2, -0.15) is 0 Å². The number of carbonyl (C=O) groups excluding carboxylic acids is 2. The number of nitrogens with zero attached hydrogens (tertiary/aromatic N) is 1. The van der Waals surface area contributed by atoms with Crippen LogP contribution in [0.25, 0.3) is 0 Å². The number of rotatable bonds is 7. The highest BCUT2D eigenvalue weighted by atomic mass is 35.5. The van der Waals surface area contributed by atoms with Gasteiger partial charge in [0.15, 0.2) is 11.9 Å². The molecule has 0 aliphatic carbocycles. The van der Waals surface area contributed by atoms with Gasteiger partial charge in [-0.25, -0.2) is 0 Å². The standard InChI is InChI=1S/C29H22ClNO3/c30-22-15-17-23(18-16-22)31(19-25(32)20-9-3-1-4-10-20)27-24-13-7-8-14-26(24)34-29(27)28(33)21-11-5-2-6-12-21/h1-18,27,29H,19H2. The fourth-order valence-electron chi connectivity index (χ4n) is 4.34. The number of Topliss-reactive ketones (excluding diaryl/α,β-unsaturated/α-hetero) is 2. The van der Waals surface area contributed by atoms with Crippen molar-refractivity contribution in [3.05, 3.63) is 131 Å². The summed E-state index contributed by atoms with van der Waals surface area (Å²) >= 11 is 6.15. The van der Waals surface area contributed by atoms with Crippen LogP contribution in [-0.4, -0.2) is 24.2 Å². The van der Waals surface area contributed by atoms with E-state index in [0.717, 1.165) is 11.3 Å². The summed E-state index contributed by atoms with van der Waals surface area (Å²) in [6.45, 7) is 0.0760. The van der Waals surface area contributed by atoms with Crippen LogP contribution in [-0.2, 0) is 0 Å². The second kappa shape index (κ2) is 9.54. The van der Waals surface area contributed by atoms with Crippen LogP contribution in [0.2, 0.25) is 5.02 Å². The normalized spacial score (nSPS) is 16.4. The predicted octanol–water partition coefficient (Wildman–Crippen LogP) is 6.41. The average Bonchev–Trinajstić information content (AvgIpc) is 3.27. The highest BCUT2D eigenvalue weighted by molar-refractivity contribution is 6.30. The quantitative estimate of drug-likeness (QED) is 0.294. The second-order valence-corrected chi connectivity index (χ2v) is 8.58. The van der Waals surface area contributed by atoms with E-state index in [1.54, 1.807) is 36.4 Å². The SMILES string of the molecule is O=C(CN(c1ccc(Cl)cc1)C1c2ccccc2OC1C(=O)c1ccccc1)c1ccccc1. The number of hydrogen-bond acceptors (Lipinski definition) is 4. The minimum atomic E-state index is -0.806. The maximum Gasteiger partial charge on any atom is 0.205 e. The number of ether oxygens (including phenoxy) is 1. The van der Waals surface area contributed by atoms with Gasteiger partial charge in [-0.3, -0.25) is 9.59 Å². The Balaban J connectivity index is 1.59. The fraction of sp³-hybridized carbons (Fsp3) is 0.103. The zero-order valence-electron chi connectivity index (χ0n) is 18.3. The van der Waals surface area contributed by atoms with E-state index in [4.69, 9.17) is 16.3 Å². The second-order valence-electron chi connectivity index (χ2n) is 8.14. The molecule has 168 valence electrons. The molecule has 4 aromatic rings. The predicted molar refractivity (Wildman–Crippen MR) is 134 cm³/mol. The van der Waals surface area contributed by atoms with Crippen LogP contribution in [0, 0.1) is 0 Å². The Morgan fingerprint density at radius 3 is 2.00 bits per heavy atom. The molecule has 0 amide bonds. The van der Waals surface area contributed by atoms with Crippen molar-refractivity contribution in [1.82, 2.24) is 0 Å². The van der Waals surface area contributed by atoms with Gasteiger partial charge in [-0.05, 0) is 30.3 Å². The van der Waals surface area contributed by atoms with Crippen molar-refractivity contribution in [2.75, 3.05) is 11.4 Å². The minimum absolute atomic E-state index is 0.0501. The molecule has 1 heterocycles. The van der Waals surface area contributed by atoms with E-state index in [2.05, 4.69) is 0 Å². The Labute approximate surface area is 203 Å². The van der Waals surface area contributed by atoms with Crippen LogP contribution < -0.4 is 9.64 Å². The molecular formula is C29H22ClNO3. The summed E-state index contributed by atoms with van der Waals surface area (Å²) in [5.41, 5.74) is 2.83. The summed E-state index contributed by atoms with van der Waals surface area (Å²) < 4.78 is 6.22. The molecule has 4 aromatic carbocycles. The van der Waals surface area contributed by atoms with Gasteiger partial charge in [0.05, 0.1) is 6.54 Å².